The van der Waals surface area contributed by atoms with Gasteiger partial charge >= 0.3 is 0 Å². The molecule has 0 atom stereocenters. The third-order valence-electron chi connectivity index (χ3n) is 2.82. The van der Waals surface area contributed by atoms with Crippen LogP contribution in [0, 0.1) is 0 Å². The van der Waals surface area contributed by atoms with Gasteiger partial charge in [0.15, 0.2) is 0 Å². The molecule has 3 N–H and O–H groups in total. The average Bonchev–Trinajstić information content (AvgIpc) is 2.64. The smallest absolute Gasteiger partial charge is 0.221 e. The molecule has 90 valence electrons. The quantitative estimate of drug-likeness (QED) is 0.642. The zero-order valence-corrected chi connectivity index (χ0v) is 9.86. The molecule has 0 spiro atoms. The van der Waals surface area contributed by atoms with Crippen LogP contribution in [0.15, 0.2) is 40.8 Å². The van der Waals surface area contributed by atoms with E-state index in [0.717, 1.165) is 27.6 Å². The Kier molecular flexibility index (Phi) is 2.23. The zero-order chi connectivity index (χ0) is 12.7. The normalized spacial score (nSPS) is 10.9. The standard InChI is InChI=1S/C14H12N2O2/c1-8(17)16-10-3-5-12-11-4-2-9(15)6-13(11)18-14(12)7-10/h2-7H,15H2,1H3,(H,16,17). The number of hydrogen-bond donors (Lipinski definition) is 2. The summed E-state index contributed by atoms with van der Waals surface area (Å²) in [7, 11) is 0. The van der Waals surface area contributed by atoms with Crippen LogP contribution >= 0.6 is 0 Å². The highest BCUT2D eigenvalue weighted by molar-refractivity contribution is 6.07. The highest BCUT2D eigenvalue weighted by Crippen LogP contribution is 2.31. The predicted molar refractivity (Wildman–Crippen MR) is 72.4 cm³/mol. The van der Waals surface area contributed by atoms with Gasteiger partial charge in [-0.2, -0.15) is 0 Å². The second-order valence-corrected chi connectivity index (χ2v) is 4.25. The van der Waals surface area contributed by atoms with Crippen LogP contribution in [0.4, 0.5) is 11.4 Å². The van der Waals surface area contributed by atoms with Crippen molar-refractivity contribution >= 4 is 39.2 Å². The molecule has 4 heteroatoms. The van der Waals surface area contributed by atoms with E-state index in [-0.39, 0.29) is 5.91 Å². The fourth-order valence-corrected chi connectivity index (χ4v) is 2.07. The maximum absolute atomic E-state index is 11.0. The van der Waals surface area contributed by atoms with Crippen molar-refractivity contribution in [3.63, 3.8) is 0 Å². The lowest BCUT2D eigenvalue weighted by Gasteiger charge is -2.00. The summed E-state index contributed by atoms with van der Waals surface area (Å²) >= 11 is 0. The number of hydrogen-bond acceptors (Lipinski definition) is 3. The summed E-state index contributed by atoms with van der Waals surface area (Å²) in [5, 5.41) is 4.76. The van der Waals surface area contributed by atoms with Gasteiger partial charge in [0.05, 0.1) is 0 Å². The van der Waals surface area contributed by atoms with E-state index in [2.05, 4.69) is 5.32 Å². The van der Waals surface area contributed by atoms with Crippen molar-refractivity contribution in [2.24, 2.45) is 0 Å². The van der Waals surface area contributed by atoms with Crippen LogP contribution in [0.5, 0.6) is 0 Å². The molecule has 0 saturated heterocycles. The van der Waals surface area contributed by atoms with Gasteiger partial charge in [-0.15, -0.1) is 0 Å². The van der Waals surface area contributed by atoms with Crippen LogP contribution in [0.3, 0.4) is 0 Å². The van der Waals surface area contributed by atoms with Gasteiger partial charge in [-0.05, 0) is 24.3 Å². The van der Waals surface area contributed by atoms with Gasteiger partial charge in [-0.1, -0.05) is 0 Å². The second kappa shape index (κ2) is 3.77. The van der Waals surface area contributed by atoms with E-state index in [0.29, 0.717) is 5.69 Å². The van der Waals surface area contributed by atoms with Crippen molar-refractivity contribution in [3.8, 4) is 0 Å². The molecular weight excluding hydrogens is 228 g/mol. The number of nitrogens with one attached hydrogen (secondary N) is 1. The molecule has 0 unspecified atom stereocenters. The first-order valence-electron chi connectivity index (χ1n) is 5.63. The molecule has 0 fully saturated rings. The Morgan fingerprint density at radius 2 is 1.78 bits per heavy atom. The third kappa shape index (κ3) is 1.68. The van der Waals surface area contributed by atoms with Gasteiger partial charge < -0.3 is 15.5 Å². The maximum Gasteiger partial charge on any atom is 0.221 e. The zero-order valence-electron chi connectivity index (χ0n) is 9.86. The molecule has 1 aromatic heterocycles. The molecule has 0 aliphatic rings. The number of carbonyl (C=O) groups excluding carboxylic acids is 1. The molecule has 3 aromatic rings. The van der Waals surface area contributed by atoms with Crippen LogP contribution in [0.1, 0.15) is 6.92 Å². The summed E-state index contributed by atoms with van der Waals surface area (Å²) in [4.78, 5) is 11.0. The highest BCUT2D eigenvalue weighted by atomic mass is 16.3. The largest absolute Gasteiger partial charge is 0.456 e. The van der Waals surface area contributed by atoms with Crippen LogP contribution in [-0.4, -0.2) is 5.91 Å². The van der Waals surface area contributed by atoms with E-state index in [1.165, 1.54) is 6.92 Å². The first kappa shape index (κ1) is 10.7. The fourth-order valence-electron chi connectivity index (χ4n) is 2.07. The number of nitrogens with two attached hydrogens (primary N) is 1. The number of fused-ring (bicyclic) bond motifs is 3. The van der Waals surface area contributed by atoms with Gasteiger partial charge in [0.25, 0.3) is 0 Å². The molecule has 0 aliphatic carbocycles. The molecule has 0 bridgehead atoms. The van der Waals surface area contributed by atoms with E-state index >= 15 is 0 Å². The molecule has 3 rings (SSSR count). The van der Waals surface area contributed by atoms with E-state index in [4.69, 9.17) is 10.2 Å². The van der Waals surface area contributed by atoms with Crippen LogP contribution < -0.4 is 11.1 Å². The van der Waals surface area contributed by atoms with E-state index < -0.39 is 0 Å². The molecule has 18 heavy (non-hydrogen) atoms. The Hall–Kier alpha value is -2.49. The van der Waals surface area contributed by atoms with Crippen molar-refractivity contribution in [2.75, 3.05) is 11.1 Å². The number of amides is 1. The Morgan fingerprint density at radius 1 is 1.11 bits per heavy atom. The minimum atomic E-state index is -0.102. The van der Waals surface area contributed by atoms with Crippen LogP contribution in [-0.2, 0) is 4.79 Å². The summed E-state index contributed by atoms with van der Waals surface area (Å²) in [6, 6.07) is 11.2. The van der Waals surface area contributed by atoms with Gasteiger partial charge in [-0.3, -0.25) is 4.79 Å². The summed E-state index contributed by atoms with van der Waals surface area (Å²) in [5.74, 6) is -0.102. The minimum Gasteiger partial charge on any atom is -0.456 e. The second-order valence-electron chi connectivity index (χ2n) is 4.25. The summed E-state index contributed by atoms with van der Waals surface area (Å²) in [6.07, 6.45) is 0. The number of carbonyl (C=O) groups is 1. The fraction of sp³-hybridized carbons (Fsp3) is 0.0714. The Morgan fingerprint density at radius 3 is 2.50 bits per heavy atom. The summed E-state index contributed by atoms with van der Waals surface area (Å²) in [6.45, 7) is 1.48. The predicted octanol–water partition coefficient (Wildman–Crippen LogP) is 3.13. The number of furan rings is 1. The van der Waals surface area contributed by atoms with Crippen molar-refractivity contribution in [1.82, 2.24) is 0 Å². The van der Waals surface area contributed by atoms with E-state index in [9.17, 15) is 4.79 Å². The lowest BCUT2D eigenvalue weighted by atomic mass is 10.1. The van der Waals surface area contributed by atoms with E-state index in [1.807, 2.05) is 30.3 Å². The monoisotopic (exact) mass is 240 g/mol. The van der Waals surface area contributed by atoms with Gasteiger partial charge in [0.1, 0.15) is 11.2 Å². The minimum absolute atomic E-state index is 0.102. The third-order valence-corrected chi connectivity index (χ3v) is 2.82. The molecular formula is C14H12N2O2. The van der Waals surface area contributed by atoms with Gasteiger partial charge in [0.2, 0.25) is 5.91 Å². The first-order chi connectivity index (χ1) is 8.63. The van der Waals surface area contributed by atoms with Gasteiger partial charge in [0, 0.05) is 41.2 Å². The van der Waals surface area contributed by atoms with Crippen molar-refractivity contribution in [2.45, 2.75) is 6.92 Å². The Balaban J connectivity index is 2.22. The average molecular weight is 240 g/mol. The highest BCUT2D eigenvalue weighted by Gasteiger charge is 2.08. The Labute approximate surface area is 103 Å². The molecule has 0 aliphatic heterocycles. The molecule has 1 amide bonds. The van der Waals surface area contributed by atoms with Crippen molar-refractivity contribution in [1.29, 1.82) is 0 Å². The molecule has 0 radical (unpaired) electrons. The number of benzene rings is 2. The van der Waals surface area contributed by atoms with Gasteiger partial charge in [-0.25, -0.2) is 0 Å². The number of nitrogen functional groups attached to an aromatic ring is 1. The molecule has 2 aromatic carbocycles. The summed E-state index contributed by atoms with van der Waals surface area (Å²) in [5.41, 5.74) is 8.61. The SMILES string of the molecule is CC(=O)Nc1ccc2c(c1)oc1cc(N)ccc12. The summed E-state index contributed by atoms with van der Waals surface area (Å²) < 4.78 is 5.72. The molecule has 1 heterocycles. The van der Waals surface area contributed by atoms with Crippen LogP contribution in [0.25, 0.3) is 21.9 Å². The van der Waals surface area contributed by atoms with E-state index in [1.54, 1.807) is 6.07 Å². The lowest BCUT2D eigenvalue weighted by molar-refractivity contribution is -0.114. The van der Waals surface area contributed by atoms with Crippen LogP contribution in [0.2, 0.25) is 0 Å². The molecule has 4 nitrogen and oxygen atoms in total. The van der Waals surface area contributed by atoms with Crippen molar-refractivity contribution in [3.05, 3.63) is 36.4 Å². The maximum atomic E-state index is 11.0. The molecule has 0 saturated carbocycles. The lowest BCUT2D eigenvalue weighted by Crippen LogP contribution is -2.05. The Bertz CT molecular complexity index is 759. The van der Waals surface area contributed by atoms with Crippen molar-refractivity contribution < 1.29 is 9.21 Å². The first-order valence-corrected chi connectivity index (χ1v) is 5.63. The topological polar surface area (TPSA) is 68.3 Å². The number of anilines is 2. The number of rotatable bonds is 1.